The summed E-state index contributed by atoms with van der Waals surface area (Å²) in [5, 5.41) is 15.7. The molecule has 0 heterocycles. The molecule has 0 aliphatic carbocycles. The lowest BCUT2D eigenvalue weighted by Crippen LogP contribution is -2.38. The number of aliphatic hydroxyl groups is 1. The summed E-state index contributed by atoms with van der Waals surface area (Å²) in [6, 6.07) is 0. The van der Waals surface area contributed by atoms with Gasteiger partial charge in [-0.15, -0.1) is 0 Å². The molecule has 1 unspecified atom stereocenters. The van der Waals surface area contributed by atoms with Crippen LogP contribution in [0.25, 0.3) is 0 Å². The molecule has 0 aliphatic heterocycles. The van der Waals surface area contributed by atoms with Gasteiger partial charge >= 0.3 is 36.2 Å². The van der Waals surface area contributed by atoms with Gasteiger partial charge < -0.3 is 24.4 Å². The van der Waals surface area contributed by atoms with Crippen molar-refractivity contribution in [3.05, 3.63) is 50.6 Å². The lowest BCUT2D eigenvalue weighted by atomic mass is 10.2. The molecule has 0 amide bonds. The van der Waals surface area contributed by atoms with Gasteiger partial charge in [-0.3, -0.25) is 0 Å². The maximum absolute atomic E-state index is 12.4. The van der Waals surface area contributed by atoms with Gasteiger partial charge in [0.15, 0.2) is 0 Å². The number of unbranched alkanes of at least 4 members (excludes halogenated alkanes) is 1. The van der Waals surface area contributed by atoms with Crippen LogP contribution in [0.3, 0.4) is 0 Å². The predicted octanol–water partition coefficient (Wildman–Crippen LogP) is 4.08. The summed E-state index contributed by atoms with van der Waals surface area (Å²) < 4.78 is 83.9. The smallest absolute Gasteiger partial charge is 0.432 e. The second-order valence-corrected chi connectivity index (χ2v) is 5.84. The van der Waals surface area contributed by atoms with E-state index in [0.717, 1.165) is 25.0 Å². The highest BCUT2D eigenvalue weighted by atomic mass is 19.4. The molecule has 0 aromatic heterocycles. The first-order chi connectivity index (χ1) is 17.0. The van der Waals surface area contributed by atoms with Gasteiger partial charge in [0, 0.05) is 24.3 Å². The predicted molar refractivity (Wildman–Crippen MR) is 119 cm³/mol. The zero-order chi connectivity index (χ0) is 30.1. The van der Waals surface area contributed by atoms with Crippen LogP contribution < -0.4 is 0 Å². The molecule has 0 saturated carbocycles. The number of esters is 3. The molecule has 0 aromatic rings. The minimum absolute atomic E-state index is 0.0465. The summed E-state index contributed by atoms with van der Waals surface area (Å²) in [4.78, 5) is 39.9. The van der Waals surface area contributed by atoms with E-state index in [4.69, 9.17) is 10.2 Å². The van der Waals surface area contributed by atoms with E-state index in [2.05, 4.69) is 40.5 Å². The molecular weight excluding hydrogens is 522 g/mol. The van der Waals surface area contributed by atoms with E-state index in [1.807, 2.05) is 6.92 Å². The van der Waals surface area contributed by atoms with Gasteiger partial charge in [0.05, 0.1) is 19.6 Å². The molecule has 0 aromatic carbocycles. The maximum Gasteiger partial charge on any atom is 0.432 e. The Morgan fingerprint density at radius 2 is 1.24 bits per heavy atom. The monoisotopic (exact) mass is 552 g/mol. The van der Waals surface area contributed by atoms with Crippen molar-refractivity contribution in [2.24, 2.45) is 0 Å². The lowest BCUT2D eigenvalue weighted by molar-refractivity contribution is -0.274. The van der Waals surface area contributed by atoms with Gasteiger partial charge in [-0.25, -0.2) is 23.6 Å². The van der Waals surface area contributed by atoms with Gasteiger partial charge in [0.1, 0.15) is 6.61 Å². The Morgan fingerprint density at radius 1 is 0.838 bits per heavy atom. The van der Waals surface area contributed by atoms with E-state index in [0.29, 0.717) is 6.61 Å². The number of alkyl halides is 6. The van der Waals surface area contributed by atoms with Crippen LogP contribution in [0.15, 0.2) is 50.6 Å². The van der Waals surface area contributed by atoms with Crippen LogP contribution in [0.5, 0.6) is 0 Å². The normalized spacial score (nSPS) is 10.6. The fourth-order valence-corrected chi connectivity index (χ4v) is 1.14. The second kappa shape index (κ2) is 24.1. The minimum atomic E-state index is -5.11. The molecule has 0 saturated heterocycles. The SMILES string of the molecule is C=CC(=O)O.C=CC(=O)OC(F)(F)C(F)CC(F)(F)F.C=CC(=O)OCCCC.C=CC(=O)OCCO. The van der Waals surface area contributed by atoms with Crippen molar-refractivity contribution in [1.29, 1.82) is 0 Å². The van der Waals surface area contributed by atoms with Gasteiger partial charge in [0.2, 0.25) is 6.17 Å². The zero-order valence-corrected chi connectivity index (χ0v) is 20.0. The van der Waals surface area contributed by atoms with Gasteiger partial charge in [-0.2, -0.15) is 22.0 Å². The van der Waals surface area contributed by atoms with Gasteiger partial charge in [-0.1, -0.05) is 39.7 Å². The molecule has 37 heavy (non-hydrogen) atoms. The van der Waals surface area contributed by atoms with Crippen molar-refractivity contribution in [2.45, 2.75) is 44.6 Å². The number of carboxylic acid groups (broad SMARTS) is 1. The number of carbonyl (C=O) groups is 4. The number of ether oxygens (including phenoxy) is 3. The summed E-state index contributed by atoms with van der Waals surface area (Å²) in [7, 11) is 0. The zero-order valence-electron chi connectivity index (χ0n) is 20.0. The van der Waals surface area contributed by atoms with Gasteiger partial charge in [-0.05, 0) is 6.42 Å². The Morgan fingerprint density at radius 3 is 1.54 bits per heavy atom. The molecule has 1 atom stereocenters. The van der Waals surface area contributed by atoms with Crippen molar-refractivity contribution in [1.82, 2.24) is 0 Å². The molecule has 0 radical (unpaired) electrons. The number of aliphatic hydroxyl groups excluding tert-OH is 1. The molecule has 0 spiro atoms. The minimum Gasteiger partial charge on any atom is -0.478 e. The summed E-state index contributed by atoms with van der Waals surface area (Å²) >= 11 is 0. The van der Waals surface area contributed by atoms with Crippen LogP contribution in [0.1, 0.15) is 26.2 Å². The van der Waals surface area contributed by atoms with E-state index in [1.165, 1.54) is 6.08 Å². The van der Waals surface area contributed by atoms with E-state index < -0.39 is 42.8 Å². The average molecular weight is 552 g/mol. The van der Waals surface area contributed by atoms with Crippen molar-refractivity contribution in [2.75, 3.05) is 19.8 Å². The molecular formula is C22H30F6O9. The van der Waals surface area contributed by atoms with Crippen molar-refractivity contribution < 1.29 is 69.9 Å². The third-order valence-corrected chi connectivity index (χ3v) is 2.76. The molecule has 15 heteroatoms. The highest BCUT2D eigenvalue weighted by molar-refractivity contribution is 5.82. The second-order valence-electron chi connectivity index (χ2n) is 5.84. The van der Waals surface area contributed by atoms with E-state index in [-0.39, 0.29) is 25.3 Å². The number of carbonyl (C=O) groups excluding carboxylic acids is 3. The third-order valence-electron chi connectivity index (χ3n) is 2.76. The van der Waals surface area contributed by atoms with Crippen molar-refractivity contribution >= 4 is 23.9 Å². The van der Waals surface area contributed by atoms with Crippen LogP contribution >= 0.6 is 0 Å². The first-order valence-electron chi connectivity index (χ1n) is 9.96. The maximum atomic E-state index is 12.4. The standard InChI is InChI=1S/C7H6F6O2.C7H12O2.C5H8O3.C3H4O2/c1-2-5(14)15-7(12,13)4(8)3-6(9,10)11;1-3-5-6-9-7(8)4-2;1-2-5(7)8-4-3-6;1-2-3(4)5/h2,4H,1,3H2;4H,2-3,5-6H2,1H3;2,6H,1,3-4H2;2H,1H2,(H,4,5). The van der Waals surface area contributed by atoms with Crippen molar-refractivity contribution in [3.8, 4) is 0 Å². The average Bonchev–Trinajstić information content (AvgIpc) is 2.82. The Hall–Kier alpha value is -3.62. The Bertz CT molecular complexity index is 722. The summed E-state index contributed by atoms with van der Waals surface area (Å²) in [6.07, 6.45) is -10.6. The Balaban J connectivity index is -0.000000213. The van der Waals surface area contributed by atoms with Gasteiger partial charge in [0.25, 0.3) is 0 Å². The third kappa shape index (κ3) is 34.6. The number of aliphatic carboxylic acids is 1. The molecule has 0 aliphatic rings. The molecule has 2 N–H and O–H groups in total. The summed E-state index contributed by atoms with van der Waals surface area (Å²) in [5.74, 6) is -3.52. The van der Waals surface area contributed by atoms with Crippen LogP contribution in [0.2, 0.25) is 0 Å². The van der Waals surface area contributed by atoms with E-state index in [9.17, 15) is 45.5 Å². The number of carboxylic acids is 1. The van der Waals surface area contributed by atoms with Crippen LogP contribution in [-0.4, -0.2) is 72.4 Å². The topological polar surface area (TPSA) is 136 Å². The number of halogens is 6. The Kier molecular flexibility index (Phi) is 26.4. The van der Waals surface area contributed by atoms with Crippen LogP contribution in [-0.2, 0) is 33.4 Å². The molecule has 214 valence electrons. The summed E-state index contributed by atoms with van der Waals surface area (Å²) in [6.45, 7) is 14.6. The molecule has 9 nitrogen and oxygen atoms in total. The van der Waals surface area contributed by atoms with Crippen LogP contribution in [0, 0.1) is 0 Å². The number of hydrogen-bond acceptors (Lipinski definition) is 8. The highest BCUT2D eigenvalue weighted by Crippen LogP contribution is 2.32. The Labute approximate surface area is 209 Å². The lowest BCUT2D eigenvalue weighted by Gasteiger charge is -2.20. The van der Waals surface area contributed by atoms with Crippen molar-refractivity contribution in [3.63, 3.8) is 0 Å². The van der Waals surface area contributed by atoms with E-state index >= 15 is 0 Å². The largest absolute Gasteiger partial charge is 0.478 e. The molecule has 0 bridgehead atoms. The quantitative estimate of drug-likeness (QED) is 0.121. The number of hydrogen-bond donors (Lipinski definition) is 2. The first-order valence-corrected chi connectivity index (χ1v) is 9.96. The fraction of sp³-hybridized carbons (Fsp3) is 0.455. The molecule has 0 fully saturated rings. The first kappa shape index (κ1) is 40.5. The fourth-order valence-electron chi connectivity index (χ4n) is 1.14. The highest BCUT2D eigenvalue weighted by Gasteiger charge is 2.49. The number of rotatable bonds is 12. The molecule has 0 rings (SSSR count). The van der Waals surface area contributed by atoms with E-state index in [1.54, 1.807) is 0 Å². The summed E-state index contributed by atoms with van der Waals surface area (Å²) in [5.41, 5.74) is 0. The van der Waals surface area contributed by atoms with Crippen LogP contribution in [0.4, 0.5) is 26.3 Å².